The number of carbonyl (C=O) groups excluding carboxylic acids is 1. The lowest BCUT2D eigenvalue weighted by molar-refractivity contribution is -0.161. The smallest absolute Gasteiger partial charge is 0.401 e. The summed E-state index contributed by atoms with van der Waals surface area (Å²) in [6, 6.07) is 16.0. The maximum absolute atomic E-state index is 13.0. The Labute approximate surface area is 211 Å². The van der Waals surface area contributed by atoms with Crippen molar-refractivity contribution >= 4 is 16.0 Å². The summed E-state index contributed by atoms with van der Waals surface area (Å²) in [5.41, 5.74) is 6.55. The standard InChI is InChI=1S/C24H25F3N4O5S/c1-30-12-19(37(33,34)35)29-22(30)20(21(28)32)36-18-9-5-8-17(10-18)23(11-16-6-3-2-4-7-16)13-31(14-23)15-24(25,26)27/h2-10,12,20H,11,13-15H2,1H3,(H2,28,32)(H,33,34,35). The highest BCUT2D eigenvalue weighted by molar-refractivity contribution is 7.85. The molecule has 9 nitrogen and oxygen atoms in total. The van der Waals surface area contributed by atoms with Gasteiger partial charge in [0.05, 0.1) is 6.54 Å². The molecule has 1 saturated heterocycles. The van der Waals surface area contributed by atoms with Gasteiger partial charge in [0.1, 0.15) is 5.75 Å². The third kappa shape index (κ3) is 6.12. The second-order valence-corrected chi connectivity index (χ2v) is 10.5. The van der Waals surface area contributed by atoms with E-state index in [1.807, 2.05) is 30.3 Å². The first-order valence-electron chi connectivity index (χ1n) is 11.2. The zero-order valence-corrected chi connectivity index (χ0v) is 20.5. The number of nitrogens with zero attached hydrogens (tertiary/aromatic N) is 3. The Balaban J connectivity index is 1.64. The number of likely N-dealkylation sites (tertiary alicyclic amines) is 1. The lowest BCUT2D eigenvalue weighted by atomic mass is 9.69. The van der Waals surface area contributed by atoms with Gasteiger partial charge in [0.2, 0.25) is 11.1 Å². The molecule has 37 heavy (non-hydrogen) atoms. The number of rotatable bonds is 9. The Bertz CT molecular complexity index is 1390. The lowest BCUT2D eigenvalue weighted by Crippen LogP contribution is -2.62. The Morgan fingerprint density at radius 3 is 2.43 bits per heavy atom. The number of halogens is 3. The zero-order valence-electron chi connectivity index (χ0n) is 19.7. The van der Waals surface area contributed by atoms with E-state index in [9.17, 15) is 30.9 Å². The highest BCUT2D eigenvalue weighted by atomic mass is 32.2. The number of nitrogens with two attached hydrogens (primary N) is 1. The first-order chi connectivity index (χ1) is 17.3. The molecule has 198 valence electrons. The summed E-state index contributed by atoms with van der Waals surface area (Å²) in [6.07, 6.45) is -4.31. The topological polar surface area (TPSA) is 128 Å². The summed E-state index contributed by atoms with van der Waals surface area (Å²) in [6.45, 7) is -0.679. The van der Waals surface area contributed by atoms with E-state index in [0.29, 0.717) is 12.0 Å². The van der Waals surface area contributed by atoms with Gasteiger partial charge in [-0.3, -0.25) is 14.2 Å². The van der Waals surface area contributed by atoms with E-state index in [1.54, 1.807) is 24.3 Å². The molecule has 2 aromatic carbocycles. The van der Waals surface area contributed by atoms with Crippen molar-refractivity contribution in [1.82, 2.24) is 14.5 Å². The zero-order chi connectivity index (χ0) is 27.0. The molecule has 1 fully saturated rings. The largest absolute Gasteiger partial charge is 0.473 e. The van der Waals surface area contributed by atoms with Crippen LogP contribution in [0.4, 0.5) is 13.2 Å². The average molecular weight is 539 g/mol. The maximum atomic E-state index is 13.0. The minimum atomic E-state index is -4.63. The highest BCUT2D eigenvalue weighted by Gasteiger charge is 2.47. The van der Waals surface area contributed by atoms with Crippen LogP contribution in [-0.2, 0) is 33.8 Å². The molecular formula is C24H25F3N4O5S. The summed E-state index contributed by atoms with van der Waals surface area (Å²) < 4.78 is 78.2. The van der Waals surface area contributed by atoms with Gasteiger partial charge in [-0.1, -0.05) is 42.5 Å². The van der Waals surface area contributed by atoms with Gasteiger partial charge in [-0.25, -0.2) is 4.98 Å². The van der Waals surface area contributed by atoms with Gasteiger partial charge in [0, 0.05) is 31.7 Å². The van der Waals surface area contributed by atoms with Gasteiger partial charge in [-0.15, -0.1) is 0 Å². The summed E-state index contributed by atoms with van der Waals surface area (Å²) in [5, 5.41) is -0.672. The minimum Gasteiger partial charge on any atom is -0.473 e. The van der Waals surface area contributed by atoms with Crippen LogP contribution in [0.3, 0.4) is 0 Å². The van der Waals surface area contributed by atoms with Crippen molar-refractivity contribution in [2.45, 2.75) is 29.1 Å². The average Bonchev–Trinajstić information content (AvgIpc) is 3.17. The SMILES string of the molecule is Cn1cc(S(=O)(=O)O)nc1C(Oc1cccc(C2(Cc3ccccc3)CN(CC(F)(F)F)C2)c1)C(N)=O. The minimum absolute atomic E-state index is 0.149. The second kappa shape index (κ2) is 9.80. The number of aromatic nitrogens is 2. The van der Waals surface area contributed by atoms with Gasteiger partial charge >= 0.3 is 16.3 Å². The first-order valence-corrected chi connectivity index (χ1v) is 12.6. The Hall–Kier alpha value is -3.42. The van der Waals surface area contributed by atoms with Crippen LogP contribution in [0.2, 0.25) is 0 Å². The molecule has 0 spiro atoms. The van der Waals surface area contributed by atoms with Crippen LogP contribution >= 0.6 is 0 Å². The molecule has 1 unspecified atom stereocenters. The van der Waals surface area contributed by atoms with E-state index in [-0.39, 0.29) is 24.7 Å². The number of imidazole rings is 1. The molecule has 13 heteroatoms. The van der Waals surface area contributed by atoms with Crippen molar-refractivity contribution in [2.24, 2.45) is 12.8 Å². The molecule has 1 aromatic heterocycles. The van der Waals surface area contributed by atoms with Gasteiger partial charge in [0.15, 0.2) is 5.82 Å². The fourth-order valence-corrected chi connectivity index (χ4v) is 5.15. The first kappa shape index (κ1) is 26.6. The van der Waals surface area contributed by atoms with Crippen LogP contribution in [0.1, 0.15) is 23.1 Å². The summed E-state index contributed by atoms with van der Waals surface area (Å²) in [5.74, 6) is -0.913. The van der Waals surface area contributed by atoms with E-state index < -0.39 is 45.3 Å². The molecular weight excluding hydrogens is 513 g/mol. The van der Waals surface area contributed by atoms with Crippen molar-refractivity contribution in [3.8, 4) is 5.75 Å². The van der Waals surface area contributed by atoms with Crippen LogP contribution in [0, 0.1) is 0 Å². The van der Waals surface area contributed by atoms with Gasteiger partial charge in [0.25, 0.3) is 5.91 Å². The van der Waals surface area contributed by atoms with E-state index in [2.05, 4.69) is 4.98 Å². The summed E-state index contributed by atoms with van der Waals surface area (Å²) in [4.78, 5) is 17.3. The Morgan fingerprint density at radius 1 is 1.19 bits per heavy atom. The molecule has 3 aromatic rings. The molecule has 0 radical (unpaired) electrons. The van der Waals surface area contributed by atoms with Gasteiger partial charge < -0.3 is 15.0 Å². The Morgan fingerprint density at radius 2 is 1.86 bits per heavy atom. The van der Waals surface area contributed by atoms with Crippen molar-refractivity contribution in [2.75, 3.05) is 19.6 Å². The van der Waals surface area contributed by atoms with Crippen molar-refractivity contribution in [3.05, 3.63) is 77.7 Å². The van der Waals surface area contributed by atoms with Crippen molar-refractivity contribution in [3.63, 3.8) is 0 Å². The monoisotopic (exact) mass is 538 g/mol. The Kier molecular flexibility index (Phi) is 7.06. The number of hydrogen-bond acceptors (Lipinski definition) is 6. The molecule has 1 aliphatic rings. The fraction of sp³-hybridized carbons (Fsp3) is 0.333. The maximum Gasteiger partial charge on any atom is 0.401 e. The molecule has 0 saturated carbocycles. The molecule has 1 aliphatic heterocycles. The van der Waals surface area contributed by atoms with Crippen molar-refractivity contribution in [1.29, 1.82) is 0 Å². The van der Waals surface area contributed by atoms with Gasteiger partial charge in [-0.2, -0.15) is 21.6 Å². The van der Waals surface area contributed by atoms with Gasteiger partial charge in [-0.05, 0) is 29.7 Å². The van der Waals surface area contributed by atoms with Crippen molar-refractivity contribution < 1.29 is 35.7 Å². The van der Waals surface area contributed by atoms with E-state index >= 15 is 0 Å². The molecule has 4 rings (SSSR count). The fourth-order valence-electron chi connectivity index (χ4n) is 4.65. The number of ether oxygens (including phenoxy) is 1. The number of benzene rings is 2. The summed E-state index contributed by atoms with van der Waals surface area (Å²) in [7, 11) is -3.22. The van der Waals surface area contributed by atoms with Crippen LogP contribution in [0.15, 0.2) is 65.8 Å². The quantitative estimate of drug-likeness (QED) is 0.401. The number of aryl methyl sites for hydroxylation is 1. The molecule has 2 heterocycles. The predicted molar refractivity (Wildman–Crippen MR) is 126 cm³/mol. The van der Waals surface area contributed by atoms with Crippen LogP contribution in [0.25, 0.3) is 0 Å². The number of amides is 1. The third-order valence-electron chi connectivity index (χ3n) is 6.19. The van der Waals surface area contributed by atoms with Crippen LogP contribution in [-0.4, -0.2) is 59.1 Å². The predicted octanol–water partition coefficient (Wildman–Crippen LogP) is 2.63. The normalized spacial score (nSPS) is 16.7. The highest BCUT2D eigenvalue weighted by Crippen LogP contribution is 2.40. The number of alkyl halides is 3. The van der Waals surface area contributed by atoms with E-state index in [4.69, 9.17) is 10.5 Å². The number of primary amides is 1. The number of hydrogen-bond donors (Lipinski definition) is 2. The molecule has 0 bridgehead atoms. The van der Waals surface area contributed by atoms with E-state index in [0.717, 1.165) is 11.8 Å². The number of carbonyl (C=O) groups is 1. The van der Waals surface area contributed by atoms with Crippen LogP contribution < -0.4 is 10.5 Å². The lowest BCUT2D eigenvalue weighted by Gasteiger charge is -2.51. The molecule has 1 amide bonds. The summed E-state index contributed by atoms with van der Waals surface area (Å²) >= 11 is 0. The molecule has 0 aliphatic carbocycles. The third-order valence-corrected chi connectivity index (χ3v) is 6.91. The van der Waals surface area contributed by atoms with Crippen LogP contribution in [0.5, 0.6) is 5.75 Å². The molecule has 1 atom stereocenters. The molecule has 3 N–H and O–H groups in total. The van der Waals surface area contributed by atoms with E-state index in [1.165, 1.54) is 16.5 Å². The second-order valence-electron chi connectivity index (χ2n) is 9.15.